The van der Waals surface area contributed by atoms with Crippen molar-refractivity contribution in [2.24, 2.45) is 0 Å². The van der Waals surface area contributed by atoms with Crippen LogP contribution >= 0.6 is 11.6 Å². The van der Waals surface area contributed by atoms with E-state index in [-0.39, 0.29) is 21.4 Å². The van der Waals surface area contributed by atoms with Crippen LogP contribution in [0.2, 0.25) is 5.02 Å². The highest BCUT2D eigenvalue weighted by molar-refractivity contribution is 7.89. The Labute approximate surface area is 193 Å². The van der Waals surface area contributed by atoms with Gasteiger partial charge in [0, 0.05) is 25.6 Å². The molecule has 1 aromatic heterocycles. The largest absolute Gasteiger partial charge is 0.340 e. The lowest BCUT2D eigenvalue weighted by molar-refractivity contribution is 0.0876. The Morgan fingerprint density at radius 3 is 2.38 bits per heavy atom. The molecule has 2 aliphatic rings. The lowest BCUT2D eigenvalue weighted by Crippen LogP contribution is -2.46. The molecule has 32 heavy (non-hydrogen) atoms. The molecule has 1 N–H and O–H groups in total. The number of nitrogens with zero attached hydrogens (tertiary/aromatic N) is 3. The Balaban J connectivity index is 1.64. The van der Waals surface area contributed by atoms with Gasteiger partial charge < -0.3 is 9.84 Å². The standard InChI is InChI=1S/C22H29ClN4O4S/c1-16-24-21(26-31-16)22(11-5-2-3-6-12-22)25-20(28)17-9-10-18(23)19(15-17)32(29,30)27-13-7-4-8-14-27/h9-10,15H,2-8,11-14H2,1H3,(H,25,28). The molecule has 1 aliphatic carbocycles. The molecule has 4 rings (SSSR count). The molecule has 8 nitrogen and oxygen atoms in total. The number of aromatic nitrogens is 2. The highest BCUT2D eigenvalue weighted by Crippen LogP contribution is 2.35. The van der Waals surface area contributed by atoms with Crippen molar-refractivity contribution in [3.05, 3.63) is 40.5 Å². The van der Waals surface area contributed by atoms with E-state index in [0.717, 1.165) is 44.9 Å². The van der Waals surface area contributed by atoms with E-state index < -0.39 is 15.6 Å². The number of benzene rings is 1. The van der Waals surface area contributed by atoms with Gasteiger partial charge in [-0.15, -0.1) is 0 Å². The summed E-state index contributed by atoms with van der Waals surface area (Å²) >= 11 is 6.27. The highest BCUT2D eigenvalue weighted by Gasteiger charge is 2.39. The zero-order valence-corrected chi connectivity index (χ0v) is 19.8. The second-order valence-corrected chi connectivity index (χ2v) is 11.0. The maximum absolute atomic E-state index is 13.3. The normalized spacial score (nSPS) is 19.9. The molecule has 0 bridgehead atoms. The van der Waals surface area contributed by atoms with Crippen LogP contribution < -0.4 is 5.32 Å². The first-order valence-electron chi connectivity index (χ1n) is 11.2. The second-order valence-electron chi connectivity index (χ2n) is 8.70. The van der Waals surface area contributed by atoms with E-state index in [4.69, 9.17) is 16.1 Å². The molecule has 1 saturated heterocycles. The van der Waals surface area contributed by atoms with Crippen molar-refractivity contribution >= 4 is 27.5 Å². The molecule has 1 amide bonds. The van der Waals surface area contributed by atoms with Crippen LogP contribution in [0.15, 0.2) is 27.6 Å². The van der Waals surface area contributed by atoms with Crippen molar-refractivity contribution in [3.63, 3.8) is 0 Å². The smallest absolute Gasteiger partial charge is 0.252 e. The van der Waals surface area contributed by atoms with Crippen molar-refractivity contribution in [2.75, 3.05) is 13.1 Å². The molecular formula is C22H29ClN4O4S. The summed E-state index contributed by atoms with van der Waals surface area (Å²) in [5, 5.41) is 7.34. The number of amides is 1. The maximum atomic E-state index is 13.3. The number of nitrogens with one attached hydrogen (secondary N) is 1. The Morgan fingerprint density at radius 2 is 1.75 bits per heavy atom. The Morgan fingerprint density at radius 1 is 1.09 bits per heavy atom. The van der Waals surface area contributed by atoms with Gasteiger partial charge in [0.2, 0.25) is 15.9 Å². The summed E-state index contributed by atoms with van der Waals surface area (Å²) in [5.41, 5.74) is -0.495. The molecule has 2 aromatic rings. The quantitative estimate of drug-likeness (QED) is 0.643. The van der Waals surface area contributed by atoms with Crippen LogP contribution in [0.25, 0.3) is 0 Å². The fourth-order valence-corrected chi connectivity index (χ4v) is 6.62. The average molecular weight is 481 g/mol. The van der Waals surface area contributed by atoms with Gasteiger partial charge >= 0.3 is 0 Å². The average Bonchev–Trinajstić information content (AvgIpc) is 3.09. The van der Waals surface area contributed by atoms with Crippen molar-refractivity contribution in [1.29, 1.82) is 0 Å². The van der Waals surface area contributed by atoms with Crippen LogP contribution in [0, 0.1) is 6.92 Å². The second kappa shape index (κ2) is 9.49. The molecule has 0 unspecified atom stereocenters. The third kappa shape index (κ3) is 4.70. The minimum Gasteiger partial charge on any atom is -0.340 e. The summed E-state index contributed by atoms with van der Waals surface area (Å²) in [4.78, 5) is 17.7. The number of hydrogen-bond donors (Lipinski definition) is 1. The predicted octanol–water partition coefficient (Wildman–Crippen LogP) is 4.19. The van der Waals surface area contributed by atoms with Gasteiger partial charge in [-0.3, -0.25) is 4.79 Å². The number of aryl methyl sites for hydroxylation is 1. The summed E-state index contributed by atoms with van der Waals surface area (Å²) in [7, 11) is -3.77. The topological polar surface area (TPSA) is 105 Å². The minimum absolute atomic E-state index is 0.0287. The highest BCUT2D eigenvalue weighted by atomic mass is 35.5. The molecule has 0 atom stereocenters. The Bertz CT molecular complexity index is 1070. The summed E-state index contributed by atoms with van der Waals surface area (Å²) in [6.07, 6.45) is 8.08. The zero-order valence-electron chi connectivity index (χ0n) is 18.3. The minimum atomic E-state index is -3.77. The monoisotopic (exact) mass is 480 g/mol. The van der Waals surface area contributed by atoms with E-state index in [1.807, 2.05) is 0 Å². The van der Waals surface area contributed by atoms with Gasteiger partial charge in [-0.25, -0.2) is 8.42 Å². The van der Waals surface area contributed by atoms with Crippen LogP contribution in [0.3, 0.4) is 0 Å². The third-order valence-electron chi connectivity index (χ3n) is 6.39. The predicted molar refractivity (Wildman–Crippen MR) is 120 cm³/mol. The van der Waals surface area contributed by atoms with Crippen LogP contribution in [0.1, 0.15) is 79.9 Å². The van der Waals surface area contributed by atoms with Gasteiger partial charge in [-0.2, -0.15) is 9.29 Å². The van der Waals surface area contributed by atoms with Gasteiger partial charge in [-0.05, 0) is 43.9 Å². The molecule has 1 aliphatic heterocycles. The number of sulfonamides is 1. The first kappa shape index (κ1) is 23.2. The van der Waals surface area contributed by atoms with Crippen molar-refractivity contribution in [3.8, 4) is 0 Å². The zero-order chi connectivity index (χ0) is 22.8. The molecule has 0 spiro atoms. The number of carbonyl (C=O) groups is 1. The van der Waals surface area contributed by atoms with Crippen molar-refractivity contribution in [1.82, 2.24) is 19.8 Å². The molecule has 174 valence electrons. The van der Waals surface area contributed by atoms with Gasteiger partial charge in [0.1, 0.15) is 10.4 Å². The van der Waals surface area contributed by atoms with E-state index in [1.54, 1.807) is 13.0 Å². The van der Waals surface area contributed by atoms with Gasteiger partial charge in [0.05, 0.1) is 5.02 Å². The molecular weight excluding hydrogens is 452 g/mol. The number of carbonyl (C=O) groups excluding carboxylic acids is 1. The van der Waals surface area contributed by atoms with Crippen LogP contribution in [-0.2, 0) is 15.6 Å². The third-order valence-corrected chi connectivity index (χ3v) is 8.77. The van der Waals surface area contributed by atoms with Crippen molar-refractivity contribution < 1.29 is 17.7 Å². The summed E-state index contributed by atoms with van der Waals surface area (Å²) in [6.45, 7) is 2.66. The first-order chi connectivity index (χ1) is 15.3. The summed E-state index contributed by atoms with van der Waals surface area (Å²) in [6, 6.07) is 4.41. The Hall–Kier alpha value is -1.97. The van der Waals surface area contributed by atoms with E-state index >= 15 is 0 Å². The van der Waals surface area contributed by atoms with E-state index in [1.165, 1.54) is 16.4 Å². The van der Waals surface area contributed by atoms with Crippen molar-refractivity contribution in [2.45, 2.75) is 75.1 Å². The molecule has 2 heterocycles. The number of piperidine rings is 1. The van der Waals surface area contributed by atoms with Gasteiger partial charge in [-0.1, -0.05) is 48.9 Å². The van der Waals surface area contributed by atoms with E-state index in [2.05, 4.69) is 15.5 Å². The molecule has 10 heteroatoms. The Kier molecular flexibility index (Phi) is 6.88. The molecule has 1 aromatic carbocycles. The lowest BCUT2D eigenvalue weighted by atomic mass is 9.88. The summed E-state index contributed by atoms with van der Waals surface area (Å²) < 4.78 is 33.0. The first-order valence-corrected chi connectivity index (χ1v) is 13.1. The van der Waals surface area contributed by atoms with E-state index in [9.17, 15) is 13.2 Å². The SMILES string of the molecule is Cc1nc(C2(NC(=O)c3ccc(Cl)c(S(=O)(=O)N4CCCCC4)c3)CCCCCC2)no1. The van der Waals surface area contributed by atoms with Crippen LogP contribution in [-0.4, -0.2) is 41.9 Å². The van der Waals surface area contributed by atoms with Gasteiger partial charge in [0.15, 0.2) is 5.82 Å². The molecule has 1 saturated carbocycles. The fraction of sp³-hybridized carbons (Fsp3) is 0.591. The molecule has 2 fully saturated rings. The maximum Gasteiger partial charge on any atom is 0.252 e. The number of rotatable bonds is 5. The molecule has 0 radical (unpaired) electrons. The number of hydrogen-bond acceptors (Lipinski definition) is 6. The summed E-state index contributed by atoms with van der Waals surface area (Å²) in [5.74, 6) is 0.542. The van der Waals surface area contributed by atoms with Crippen LogP contribution in [0.5, 0.6) is 0 Å². The fourth-order valence-electron chi connectivity index (χ4n) is 4.61. The van der Waals surface area contributed by atoms with Crippen LogP contribution in [0.4, 0.5) is 0 Å². The van der Waals surface area contributed by atoms with Gasteiger partial charge in [0.25, 0.3) is 5.91 Å². The van der Waals surface area contributed by atoms with E-state index in [0.29, 0.717) is 37.6 Å². The lowest BCUT2D eigenvalue weighted by Gasteiger charge is -2.31. The number of halogens is 1.